The lowest BCUT2D eigenvalue weighted by atomic mass is 10.1. The maximum Gasteiger partial charge on any atom is 0.323 e. The number of hydrogen-bond acceptors (Lipinski definition) is 14. The van der Waals surface area contributed by atoms with Crippen molar-refractivity contribution < 1.29 is 43.2 Å². The molecule has 53 heavy (non-hydrogen) atoms. The zero-order valence-corrected chi connectivity index (χ0v) is 33.9. The fraction of sp³-hybridized carbons (Fsp3) is 0.744. The van der Waals surface area contributed by atoms with E-state index >= 15 is 0 Å². The molecule has 0 aliphatic carbocycles. The lowest BCUT2D eigenvalue weighted by Crippen LogP contribution is -2.51. The molecule has 0 amide bonds. The predicted octanol–water partition coefficient (Wildman–Crippen LogP) is 1.97. The summed E-state index contributed by atoms with van der Waals surface area (Å²) in [6.07, 6.45) is -0.428. The van der Waals surface area contributed by atoms with Gasteiger partial charge in [-0.3, -0.25) is 38.8 Å². The van der Waals surface area contributed by atoms with Crippen LogP contribution >= 0.6 is 0 Å². The molecule has 2 atom stereocenters. The fourth-order valence-electron chi connectivity index (χ4n) is 5.78. The van der Waals surface area contributed by atoms with Gasteiger partial charge in [-0.15, -0.1) is 0 Å². The minimum Gasteiger partial charge on any atom is -0.468 e. The van der Waals surface area contributed by atoms with Gasteiger partial charge in [0.2, 0.25) is 0 Å². The zero-order valence-electron chi connectivity index (χ0n) is 33.9. The van der Waals surface area contributed by atoms with Crippen molar-refractivity contribution in [3.63, 3.8) is 0 Å². The van der Waals surface area contributed by atoms with Gasteiger partial charge in [0.25, 0.3) is 0 Å². The van der Waals surface area contributed by atoms with Crippen LogP contribution in [0.5, 0.6) is 0 Å². The van der Waals surface area contributed by atoms with Gasteiger partial charge >= 0.3 is 23.9 Å². The highest BCUT2D eigenvalue weighted by atomic mass is 16.6. The average molecular weight is 750 g/mol. The van der Waals surface area contributed by atoms with Crippen LogP contribution in [0.3, 0.4) is 0 Å². The first-order valence-electron chi connectivity index (χ1n) is 18.7. The van der Waals surface area contributed by atoms with Crippen molar-refractivity contribution >= 4 is 23.9 Å². The van der Waals surface area contributed by atoms with E-state index in [2.05, 4.69) is 10.2 Å². The molecular weight excluding hydrogens is 682 g/mol. The summed E-state index contributed by atoms with van der Waals surface area (Å²) in [6, 6.07) is 8.97. The summed E-state index contributed by atoms with van der Waals surface area (Å²) in [5, 5.41) is 14.4. The third-order valence-corrected chi connectivity index (χ3v) is 8.09. The van der Waals surface area contributed by atoms with E-state index in [4.69, 9.17) is 18.9 Å². The number of aliphatic hydroxyl groups is 1. The van der Waals surface area contributed by atoms with E-state index in [0.717, 1.165) is 5.56 Å². The molecule has 302 valence electrons. The topological polar surface area (TPSA) is 150 Å². The quantitative estimate of drug-likeness (QED) is 0.211. The third kappa shape index (κ3) is 21.4. The number of ether oxygens (including phenoxy) is 4. The highest BCUT2D eigenvalue weighted by Gasteiger charge is 2.27. The Balaban J connectivity index is 2.28. The second-order valence-electron chi connectivity index (χ2n) is 16.7. The molecule has 0 spiro atoms. The molecule has 2 N–H and O–H groups in total. The highest BCUT2D eigenvalue weighted by molar-refractivity contribution is 5.76. The van der Waals surface area contributed by atoms with Gasteiger partial charge in [-0.05, 0) is 74.3 Å². The van der Waals surface area contributed by atoms with Crippen molar-refractivity contribution in [1.29, 1.82) is 0 Å². The fourth-order valence-corrected chi connectivity index (χ4v) is 5.78. The number of benzene rings is 1. The third-order valence-electron chi connectivity index (χ3n) is 8.09. The van der Waals surface area contributed by atoms with Crippen molar-refractivity contribution in [3.05, 3.63) is 35.9 Å². The van der Waals surface area contributed by atoms with Crippen LogP contribution in [0.1, 0.15) is 67.9 Å². The van der Waals surface area contributed by atoms with E-state index in [1.807, 2.05) is 107 Å². The monoisotopic (exact) mass is 749 g/mol. The van der Waals surface area contributed by atoms with E-state index in [-0.39, 0.29) is 50.6 Å². The van der Waals surface area contributed by atoms with Gasteiger partial charge < -0.3 is 29.4 Å². The molecular formula is C39H67N5O9. The molecule has 0 aromatic heterocycles. The number of β-amino-alcohol motifs (C(OH)–C–C–N with tert-alkyl or cyclic N) is 1. The average Bonchev–Trinajstić information content (AvgIpc) is 3.01. The number of nitrogens with one attached hydrogen (secondary N) is 1. The number of hydrogen-bond donors (Lipinski definition) is 2. The van der Waals surface area contributed by atoms with Crippen LogP contribution < -0.4 is 5.32 Å². The van der Waals surface area contributed by atoms with Gasteiger partial charge in [0.05, 0.1) is 32.8 Å². The minimum absolute atomic E-state index is 0.0555. The maximum atomic E-state index is 13.0. The van der Waals surface area contributed by atoms with Crippen LogP contribution in [0.25, 0.3) is 0 Å². The first-order chi connectivity index (χ1) is 24.6. The molecule has 1 aromatic rings. The van der Waals surface area contributed by atoms with Gasteiger partial charge in [-0.25, -0.2) is 0 Å². The van der Waals surface area contributed by atoms with Crippen LogP contribution in [0, 0.1) is 0 Å². The number of methoxy groups -OCH3 is 1. The number of rotatable bonds is 14. The molecule has 2 unspecified atom stereocenters. The van der Waals surface area contributed by atoms with Gasteiger partial charge in [0.1, 0.15) is 22.8 Å². The van der Waals surface area contributed by atoms with Crippen LogP contribution in [0.2, 0.25) is 0 Å². The Morgan fingerprint density at radius 2 is 1.00 bits per heavy atom. The molecule has 0 radical (unpaired) electrons. The number of aliphatic hydroxyl groups excluding tert-OH is 1. The summed E-state index contributed by atoms with van der Waals surface area (Å²) in [5.41, 5.74) is -0.959. The Bertz CT molecular complexity index is 1230. The molecule has 2 rings (SSSR count). The smallest absolute Gasteiger partial charge is 0.323 e. The number of carbonyl (C=O) groups excluding carboxylic acids is 4. The second kappa shape index (κ2) is 21.7. The van der Waals surface area contributed by atoms with E-state index in [1.165, 1.54) is 7.11 Å². The Labute approximate surface area is 317 Å². The lowest BCUT2D eigenvalue weighted by molar-refractivity contribution is -0.158. The van der Waals surface area contributed by atoms with E-state index < -0.39 is 34.9 Å². The first kappa shape index (κ1) is 46.0. The van der Waals surface area contributed by atoms with Crippen molar-refractivity contribution in [1.82, 2.24) is 24.9 Å². The molecule has 1 aromatic carbocycles. The molecule has 1 fully saturated rings. The van der Waals surface area contributed by atoms with E-state index in [1.54, 1.807) is 0 Å². The molecule has 0 saturated carbocycles. The van der Waals surface area contributed by atoms with Crippen LogP contribution in [-0.2, 0) is 44.5 Å². The first-order valence-corrected chi connectivity index (χ1v) is 18.7. The summed E-state index contributed by atoms with van der Waals surface area (Å²) in [4.78, 5) is 59.6. The van der Waals surface area contributed by atoms with Gasteiger partial charge in [-0.1, -0.05) is 30.3 Å². The zero-order chi connectivity index (χ0) is 39.8. The van der Waals surface area contributed by atoms with E-state index in [9.17, 15) is 24.3 Å². The number of nitrogens with zero attached hydrogens (tertiary/aromatic N) is 4. The summed E-state index contributed by atoms with van der Waals surface area (Å²) in [7, 11) is 1.35. The summed E-state index contributed by atoms with van der Waals surface area (Å²) in [5.74, 6) is -1.47. The molecule has 14 nitrogen and oxygen atoms in total. The highest BCUT2D eigenvalue weighted by Crippen LogP contribution is 2.12. The molecule has 0 bridgehead atoms. The lowest BCUT2D eigenvalue weighted by Gasteiger charge is -2.35. The number of esters is 4. The van der Waals surface area contributed by atoms with Gasteiger partial charge in [0.15, 0.2) is 0 Å². The Kier molecular flexibility index (Phi) is 18.8. The largest absolute Gasteiger partial charge is 0.468 e. The summed E-state index contributed by atoms with van der Waals surface area (Å²) < 4.78 is 21.9. The second-order valence-corrected chi connectivity index (χ2v) is 16.7. The molecule has 1 aliphatic heterocycles. The van der Waals surface area contributed by atoms with Gasteiger partial charge in [-0.2, -0.15) is 0 Å². The number of carbonyl (C=O) groups is 4. The van der Waals surface area contributed by atoms with Crippen LogP contribution in [0.15, 0.2) is 30.3 Å². The van der Waals surface area contributed by atoms with Crippen molar-refractivity contribution in [2.24, 2.45) is 0 Å². The molecule has 1 saturated heterocycles. The minimum atomic E-state index is -0.839. The van der Waals surface area contributed by atoms with Crippen LogP contribution in [0.4, 0.5) is 0 Å². The molecule has 1 heterocycles. The van der Waals surface area contributed by atoms with Crippen molar-refractivity contribution in [2.75, 3.05) is 92.2 Å². The SMILES string of the molecule is COC(=O)C(Cc1ccccc1)NCC(O)CN1CCN(CC(=O)OC(C)(C)C)CCN(CC(=O)OC(C)(C)C)CCN(CC(=O)OC(C)(C)C)CC1. The summed E-state index contributed by atoms with van der Waals surface area (Å²) in [6.45, 7) is 20.8. The maximum absolute atomic E-state index is 13.0. The van der Waals surface area contributed by atoms with Crippen molar-refractivity contribution in [2.45, 2.75) is 97.7 Å². The molecule has 1 aliphatic rings. The normalized spacial score (nSPS) is 17.9. The summed E-state index contributed by atoms with van der Waals surface area (Å²) >= 11 is 0. The van der Waals surface area contributed by atoms with Crippen LogP contribution in [-0.4, -0.2) is 170 Å². The Morgan fingerprint density at radius 3 is 1.34 bits per heavy atom. The van der Waals surface area contributed by atoms with Gasteiger partial charge in [0, 0.05) is 65.4 Å². The Morgan fingerprint density at radius 1 is 0.642 bits per heavy atom. The predicted molar refractivity (Wildman–Crippen MR) is 203 cm³/mol. The van der Waals surface area contributed by atoms with Crippen molar-refractivity contribution in [3.8, 4) is 0 Å². The Hall–Kier alpha value is -3.14. The molecule has 14 heteroatoms. The van der Waals surface area contributed by atoms with E-state index in [0.29, 0.717) is 58.8 Å². The standard InChI is InChI=1S/C39H67N5O9/c1-37(2,3)51-33(46)27-42-18-16-41(26-31(45)25-40-32(36(49)50-10)24-30-14-12-11-13-15-30)17-19-43(28-34(47)52-38(4,5)6)21-23-44(22-20-42)29-35(48)53-39(7,8)9/h11-15,31-32,40,45H,16-29H2,1-10H3.